The molecule has 1 atom stereocenters. The average Bonchev–Trinajstić information content (AvgIpc) is 3.14. The first-order valence-electron chi connectivity index (χ1n) is 8.08. The third-order valence-electron chi connectivity index (χ3n) is 3.85. The lowest BCUT2D eigenvalue weighted by Gasteiger charge is -2.20. The van der Waals surface area contributed by atoms with E-state index in [1.54, 1.807) is 32.4 Å². The Balaban J connectivity index is 1.99. The maximum Gasteiger partial charge on any atom is 0.240 e. The SMILES string of the molecule is COc1ccccc1-n1cnnc1S[C@@H](C(=O)N(C)C)c1ccccc1. The van der Waals surface area contributed by atoms with E-state index in [9.17, 15) is 4.79 Å². The van der Waals surface area contributed by atoms with Crippen molar-refractivity contribution in [1.29, 1.82) is 0 Å². The van der Waals surface area contributed by atoms with Gasteiger partial charge in [-0.25, -0.2) is 0 Å². The van der Waals surface area contributed by atoms with Crippen LogP contribution in [0.5, 0.6) is 5.75 Å². The van der Waals surface area contributed by atoms with E-state index >= 15 is 0 Å². The lowest BCUT2D eigenvalue weighted by atomic mass is 10.1. The van der Waals surface area contributed by atoms with E-state index < -0.39 is 5.25 Å². The molecular formula is C19H20N4O2S. The van der Waals surface area contributed by atoms with Gasteiger partial charge in [-0.2, -0.15) is 0 Å². The Kier molecular flexibility index (Phi) is 5.58. The number of amides is 1. The zero-order chi connectivity index (χ0) is 18.5. The highest BCUT2D eigenvalue weighted by molar-refractivity contribution is 8.00. The lowest BCUT2D eigenvalue weighted by molar-refractivity contribution is -0.128. The molecule has 0 bridgehead atoms. The molecule has 0 spiro atoms. The van der Waals surface area contributed by atoms with Gasteiger partial charge < -0.3 is 9.64 Å². The number of carbonyl (C=O) groups is 1. The summed E-state index contributed by atoms with van der Waals surface area (Å²) in [6, 6.07) is 17.3. The minimum Gasteiger partial charge on any atom is -0.495 e. The molecule has 0 aliphatic rings. The van der Waals surface area contributed by atoms with Crippen LogP contribution < -0.4 is 4.74 Å². The fourth-order valence-electron chi connectivity index (χ4n) is 2.53. The van der Waals surface area contributed by atoms with Crippen molar-refractivity contribution >= 4 is 17.7 Å². The number of thioether (sulfide) groups is 1. The smallest absolute Gasteiger partial charge is 0.240 e. The summed E-state index contributed by atoms with van der Waals surface area (Å²) in [5.74, 6) is 0.708. The van der Waals surface area contributed by atoms with Crippen LogP contribution in [0.15, 0.2) is 66.1 Å². The summed E-state index contributed by atoms with van der Waals surface area (Å²) in [7, 11) is 5.13. The number of aromatic nitrogens is 3. The van der Waals surface area contributed by atoms with Crippen molar-refractivity contribution in [2.45, 2.75) is 10.4 Å². The summed E-state index contributed by atoms with van der Waals surface area (Å²) < 4.78 is 7.27. The highest BCUT2D eigenvalue weighted by atomic mass is 32.2. The topological polar surface area (TPSA) is 60.2 Å². The summed E-state index contributed by atoms with van der Waals surface area (Å²) in [6.07, 6.45) is 1.63. The Morgan fingerprint density at radius 1 is 1.12 bits per heavy atom. The third kappa shape index (κ3) is 3.72. The molecule has 0 N–H and O–H groups in total. The number of methoxy groups -OCH3 is 1. The zero-order valence-electron chi connectivity index (χ0n) is 14.9. The molecule has 1 aromatic heterocycles. The summed E-state index contributed by atoms with van der Waals surface area (Å²) in [6.45, 7) is 0. The van der Waals surface area contributed by atoms with Gasteiger partial charge in [0.2, 0.25) is 5.91 Å². The number of carbonyl (C=O) groups excluding carboxylic acids is 1. The lowest BCUT2D eigenvalue weighted by Crippen LogP contribution is -2.27. The second-order valence-electron chi connectivity index (χ2n) is 5.80. The number of para-hydroxylation sites is 2. The Morgan fingerprint density at radius 3 is 2.50 bits per heavy atom. The third-order valence-corrected chi connectivity index (χ3v) is 5.05. The number of rotatable bonds is 6. The minimum absolute atomic E-state index is 0.00391. The standard InChI is InChI=1S/C19H20N4O2S/c1-22(2)18(24)17(14-9-5-4-6-10-14)26-19-21-20-13-23(19)15-11-7-8-12-16(15)25-3/h4-13,17H,1-3H3/t17-/m1/s1. The zero-order valence-corrected chi connectivity index (χ0v) is 15.7. The molecule has 0 aliphatic carbocycles. The number of hydrogen-bond acceptors (Lipinski definition) is 5. The van der Waals surface area contributed by atoms with E-state index in [-0.39, 0.29) is 5.91 Å². The molecule has 0 aliphatic heterocycles. The number of benzene rings is 2. The highest BCUT2D eigenvalue weighted by Gasteiger charge is 2.26. The van der Waals surface area contributed by atoms with Crippen molar-refractivity contribution in [2.75, 3.05) is 21.2 Å². The maximum atomic E-state index is 12.8. The van der Waals surface area contributed by atoms with Crippen LogP contribution in [-0.2, 0) is 4.79 Å². The summed E-state index contributed by atoms with van der Waals surface area (Å²) in [4.78, 5) is 14.4. The van der Waals surface area contributed by atoms with Gasteiger partial charge in [-0.15, -0.1) is 10.2 Å². The molecule has 134 valence electrons. The number of ether oxygens (including phenoxy) is 1. The van der Waals surface area contributed by atoms with Crippen molar-refractivity contribution in [3.63, 3.8) is 0 Å². The average molecular weight is 368 g/mol. The number of likely N-dealkylation sites (N-methyl/N-ethyl adjacent to an activating group) is 1. The van der Waals surface area contributed by atoms with E-state index in [2.05, 4.69) is 10.2 Å². The minimum atomic E-state index is -0.413. The van der Waals surface area contributed by atoms with Crippen LogP contribution in [0.25, 0.3) is 5.69 Å². The Labute approximate surface area is 156 Å². The van der Waals surface area contributed by atoms with Gasteiger partial charge in [0.05, 0.1) is 12.8 Å². The Morgan fingerprint density at radius 2 is 1.81 bits per heavy atom. The van der Waals surface area contributed by atoms with Crippen LogP contribution in [0.4, 0.5) is 0 Å². The fourth-order valence-corrected chi connectivity index (χ4v) is 3.70. The summed E-state index contributed by atoms with van der Waals surface area (Å²) >= 11 is 1.37. The molecule has 7 heteroatoms. The maximum absolute atomic E-state index is 12.8. The first kappa shape index (κ1) is 18.0. The van der Waals surface area contributed by atoms with Crippen LogP contribution in [0.3, 0.4) is 0 Å². The molecule has 1 heterocycles. The van der Waals surface area contributed by atoms with Crippen molar-refractivity contribution < 1.29 is 9.53 Å². The van der Waals surface area contributed by atoms with Gasteiger partial charge in [0.1, 0.15) is 17.3 Å². The first-order chi connectivity index (χ1) is 12.6. The van der Waals surface area contributed by atoms with Crippen LogP contribution in [-0.4, -0.2) is 46.8 Å². The molecule has 2 aromatic carbocycles. The second-order valence-corrected chi connectivity index (χ2v) is 6.87. The largest absolute Gasteiger partial charge is 0.495 e. The molecule has 6 nitrogen and oxygen atoms in total. The van der Waals surface area contributed by atoms with Crippen LogP contribution >= 0.6 is 11.8 Å². The van der Waals surface area contributed by atoms with Gasteiger partial charge in [0.15, 0.2) is 5.16 Å². The first-order valence-corrected chi connectivity index (χ1v) is 8.96. The van der Waals surface area contributed by atoms with Crippen molar-refractivity contribution in [3.8, 4) is 11.4 Å². The molecular weight excluding hydrogens is 348 g/mol. The second kappa shape index (κ2) is 8.05. The van der Waals surface area contributed by atoms with E-state index in [1.807, 2.05) is 59.2 Å². The van der Waals surface area contributed by atoms with Crippen LogP contribution in [0, 0.1) is 0 Å². The van der Waals surface area contributed by atoms with Gasteiger partial charge in [-0.05, 0) is 17.7 Å². The molecule has 0 unspecified atom stereocenters. The van der Waals surface area contributed by atoms with Gasteiger partial charge in [-0.3, -0.25) is 9.36 Å². The van der Waals surface area contributed by atoms with Gasteiger partial charge >= 0.3 is 0 Å². The summed E-state index contributed by atoms with van der Waals surface area (Å²) in [5.41, 5.74) is 1.75. The molecule has 3 aromatic rings. The summed E-state index contributed by atoms with van der Waals surface area (Å²) in [5, 5.41) is 8.47. The van der Waals surface area contributed by atoms with E-state index in [0.29, 0.717) is 10.9 Å². The number of nitrogens with zero attached hydrogens (tertiary/aromatic N) is 4. The van der Waals surface area contributed by atoms with E-state index in [1.165, 1.54) is 11.8 Å². The van der Waals surface area contributed by atoms with Crippen molar-refractivity contribution in [2.24, 2.45) is 0 Å². The van der Waals surface area contributed by atoms with Crippen molar-refractivity contribution in [3.05, 3.63) is 66.5 Å². The Hall–Kier alpha value is -2.80. The molecule has 0 saturated carbocycles. The number of hydrogen-bond donors (Lipinski definition) is 0. The predicted octanol–water partition coefficient (Wildman–Crippen LogP) is 3.20. The van der Waals surface area contributed by atoms with Gasteiger partial charge in [0.25, 0.3) is 0 Å². The monoisotopic (exact) mass is 368 g/mol. The quantitative estimate of drug-likeness (QED) is 0.625. The molecule has 0 radical (unpaired) electrons. The molecule has 26 heavy (non-hydrogen) atoms. The highest BCUT2D eigenvalue weighted by Crippen LogP contribution is 2.37. The van der Waals surface area contributed by atoms with E-state index in [4.69, 9.17) is 4.74 Å². The predicted molar refractivity (Wildman–Crippen MR) is 102 cm³/mol. The van der Waals surface area contributed by atoms with Crippen molar-refractivity contribution in [1.82, 2.24) is 19.7 Å². The molecule has 0 fully saturated rings. The normalized spacial score (nSPS) is 11.8. The van der Waals surface area contributed by atoms with Crippen LogP contribution in [0.2, 0.25) is 0 Å². The molecule has 3 rings (SSSR count). The van der Waals surface area contributed by atoms with Crippen LogP contribution in [0.1, 0.15) is 10.8 Å². The molecule has 0 saturated heterocycles. The fraction of sp³-hybridized carbons (Fsp3) is 0.211. The van der Waals surface area contributed by atoms with Gasteiger partial charge in [-0.1, -0.05) is 54.2 Å². The van der Waals surface area contributed by atoms with E-state index in [0.717, 1.165) is 11.3 Å². The molecule has 1 amide bonds. The van der Waals surface area contributed by atoms with Gasteiger partial charge in [0, 0.05) is 14.1 Å². The Bertz CT molecular complexity index is 880.